The second kappa shape index (κ2) is 7.18. The van der Waals surface area contributed by atoms with Crippen molar-refractivity contribution in [3.63, 3.8) is 0 Å². The van der Waals surface area contributed by atoms with Crippen molar-refractivity contribution < 1.29 is 0 Å². The third-order valence-corrected chi connectivity index (χ3v) is 4.02. The Bertz CT molecular complexity index is 561. The molecule has 0 unspecified atom stereocenters. The third-order valence-electron chi connectivity index (χ3n) is 4.02. The lowest BCUT2D eigenvalue weighted by atomic mass is 9.97. The van der Waals surface area contributed by atoms with Crippen LogP contribution in [0.5, 0.6) is 0 Å². The number of anilines is 2. The monoisotopic (exact) mass is 270 g/mol. The lowest BCUT2D eigenvalue weighted by Gasteiger charge is -2.12. The van der Waals surface area contributed by atoms with Crippen LogP contribution < -0.4 is 11.5 Å². The standard InChI is InChI=1S/C18H26N2/c1-2-3-4-5-6-7-12-16-17(19)13-14-10-8-9-11-15(14)18(16)20/h8-11,13H,2-7,12,19-20H2,1H3. The molecule has 2 heteroatoms. The van der Waals surface area contributed by atoms with E-state index in [0.717, 1.165) is 34.1 Å². The van der Waals surface area contributed by atoms with Crippen LogP contribution in [0.3, 0.4) is 0 Å². The fourth-order valence-corrected chi connectivity index (χ4v) is 2.80. The first-order valence-corrected chi connectivity index (χ1v) is 7.79. The van der Waals surface area contributed by atoms with Crippen molar-refractivity contribution >= 4 is 22.1 Å². The Labute approximate surface area is 122 Å². The zero-order valence-electron chi connectivity index (χ0n) is 12.5. The van der Waals surface area contributed by atoms with E-state index in [4.69, 9.17) is 11.5 Å². The number of fused-ring (bicyclic) bond motifs is 1. The highest BCUT2D eigenvalue weighted by molar-refractivity contribution is 5.97. The highest BCUT2D eigenvalue weighted by atomic mass is 14.6. The molecule has 0 amide bonds. The summed E-state index contributed by atoms with van der Waals surface area (Å²) >= 11 is 0. The van der Waals surface area contributed by atoms with Gasteiger partial charge in [0.15, 0.2) is 0 Å². The Morgan fingerprint density at radius 3 is 2.40 bits per heavy atom. The molecular weight excluding hydrogens is 244 g/mol. The van der Waals surface area contributed by atoms with Gasteiger partial charge in [0, 0.05) is 16.8 Å². The van der Waals surface area contributed by atoms with Gasteiger partial charge in [-0.25, -0.2) is 0 Å². The largest absolute Gasteiger partial charge is 0.398 e. The van der Waals surface area contributed by atoms with Gasteiger partial charge in [-0.2, -0.15) is 0 Å². The minimum absolute atomic E-state index is 0.842. The molecule has 0 aliphatic carbocycles. The lowest BCUT2D eigenvalue weighted by Crippen LogP contribution is -2.01. The van der Waals surface area contributed by atoms with Crippen LogP contribution in [0, 0.1) is 0 Å². The predicted molar refractivity (Wildman–Crippen MR) is 89.9 cm³/mol. The summed E-state index contributed by atoms with van der Waals surface area (Å²) < 4.78 is 0. The normalized spacial score (nSPS) is 11.1. The maximum atomic E-state index is 6.30. The van der Waals surface area contributed by atoms with Crippen molar-refractivity contribution in [2.75, 3.05) is 11.5 Å². The first kappa shape index (κ1) is 14.7. The zero-order chi connectivity index (χ0) is 14.4. The first-order valence-electron chi connectivity index (χ1n) is 7.79. The summed E-state index contributed by atoms with van der Waals surface area (Å²) in [6.07, 6.45) is 8.75. The van der Waals surface area contributed by atoms with Crippen LogP contribution in [-0.2, 0) is 6.42 Å². The number of hydrogen-bond acceptors (Lipinski definition) is 2. The number of rotatable bonds is 7. The maximum Gasteiger partial charge on any atom is 0.0446 e. The quantitative estimate of drug-likeness (QED) is 0.555. The summed E-state index contributed by atoms with van der Waals surface area (Å²) in [6, 6.07) is 10.3. The van der Waals surface area contributed by atoms with E-state index in [1.807, 2.05) is 12.1 Å². The van der Waals surface area contributed by atoms with Crippen LogP contribution in [-0.4, -0.2) is 0 Å². The third kappa shape index (κ3) is 3.44. The Hall–Kier alpha value is -1.70. The van der Waals surface area contributed by atoms with Crippen LogP contribution in [0.25, 0.3) is 10.8 Å². The van der Waals surface area contributed by atoms with E-state index in [0.29, 0.717) is 0 Å². The molecule has 2 aromatic rings. The van der Waals surface area contributed by atoms with Gasteiger partial charge in [-0.05, 0) is 29.9 Å². The van der Waals surface area contributed by atoms with E-state index in [9.17, 15) is 0 Å². The van der Waals surface area contributed by atoms with Crippen molar-refractivity contribution in [2.24, 2.45) is 0 Å². The summed E-state index contributed by atoms with van der Waals surface area (Å²) in [5.41, 5.74) is 15.3. The zero-order valence-corrected chi connectivity index (χ0v) is 12.5. The van der Waals surface area contributed by atoms with Gasteiger partial charge in [-0.1, -0.05) is 63.3 Å². The van der Waals surface area contributed by atoms with Gasteiger partial charge in [0.05, 0.1) is 0 Å². The topological polar surface area (TPSA) is 52.0 Å². The predicted octanol–water partition coefficient (Wildman–Crippen LogP) is 4.91. The molecule has 108 valence electrons. The smallest absolute Gasteiger partial charge is 0.0446 e. The van der Waals surface area contributed by atoms with Gasteiger partial charge in [0.1, 0.15) is 0 Å². The van der Waals surface area contributed by atoms with Crippen molar-refractivity contribution in [3.05, 3.63) is 35.9 Å². The molecule has 0 aromatic heterocycles. The molecule has 0 saturated carbocycles. The maximum absolute atomic E-state index is 6.30. The van der Waals surface area contributed by atoms with E-state index in [1.54, 1.807) is 0 Å². The molecule has 2 rings (SSSR count). The molecule has 0 bridgehead atoms. The number of unbranched alkanes of at least 4 members (excludes halogenated alkanes) is 5. The minimum atomic E-state index is 0.842. The van der Waals surface area contributed by atoms with Crippen molar-refractivity contribution in [2.45, 2.75) is 51.9 Å². The van der Waals surface area contributed by atoms with Crippen LogP contribution in [0.4, 0.5) is 11.4 Å². The molecule has 0 aliphatic rings. The molecule has 0 atom stereocenters. The fourth-order valence-electron chi connectivity index (χ4n) is 2.80. The minimum Gasteiger partial charge on any atom is -0.398 e. The molecule has 0 spiro atoms. The average Bonchev–Trinajstić information content (AvgIpc) is 2.45. The van der Waals surface area contributed by atoms with Gasteiger partial charge < -0.3 is 11.5 Å². The fraction of sp³-hybridized carbons (Fsp3) is 0.444. The summed E-state index contributed by atoms with van der Waals surface area (Å²) in [5.74, 6) is 0. The molecule has 0 fully saturated rings. The highest BCUT2D eigenvalue weighted by Crippen LogP contribution is 2.31. The number of nitrogens with two attached hydrogens (primary N) is 2. The lowest BCUT2D eigenvalue weighted by molar-refractivity contribution is 0.608. The van der Waals surface area contributed by atoms with Gasteiger partial charge in [-0.15, -0.1) is 0 Å². The first-order chi connectivity index (χ1) is 9.74. The van der Waals surface area contributed by atoms with Gasteiger partial charge in [0.25, 0.3) is 0 Å². The Kier molecular flexibility index (Phi) is 5.28. The van der Waals surface area contributed by atoms with Crippen molar-refractivity contribution in [1.29, 1.82) is 0 Å². The van der Waals surface area contributed by atoms with Gasteiger partial charge >= 0.3 is 0 Å². The van der Waals surface area contributed by atoms with Crippen molar-refractivity contribution in [3.8, 4) is 0 Å². The molecule has 0 heterocycles. The molecule has 20 heavy (non-hydrogen) atoms. The van der Waals surface area contributed by atoms with Crippen LogP contribution in [0.1, 0.15) is 51.0 Å². The number of benzene rings is 2. The summed E-state index contributed by atoms with van der Waals surface area (Å²) in [6.45, 7) is 2.25. The Balaban J connectivity index is 2.02. The van der Waals surface area contributed by atoms with Crippen molar-refractivity contribution in [1.82, 2.24) is 0 Å². The average molecular weight is 270 g/mol. The van der Waals surface area contributed by atoms with E-state index < -0.39 is 0 Å². The van der Waals surface area contributed by atoms with Gasteiger partial charge in [0.2, 0.25) is 0 Å². The second-order valence-corrected chi connectivity index (χ2v) is 5.60. The second-order valence-electron chi connectivity index (χ2n) is 5.60. The molecule has 0 saturated heterocycles. The Morgan fingerprint density at radius 2 is 1.60 bits per heavy atom. The molecule has 0 aliphatic heterocycles. The van der Waals surface area contributed by atoms with Crippen LogP contribution in [0.2, 0.25) is 0 Å². The molecule has 0 radical (unpaired) electrons. The molecule has 4 N–H and O–H groups in total. The van der Waals surface area contributed by atoms with E-state index in [2.05, 4.69) is 25.1 Å². The van der Waals surface area contributed by atoms with E-state index in [1.165, 1.54) is 38.5 Å². The summed E-state index contributed by atoms with van der Waals surface area (Å²) in [4.78, 5) is 0. The van der Waals surface area contributed by atoms with E-state index in [-0.39, 0.29) is 0 Å². The molecular formula is C18H26N2. The number of hydrogen-bond donors (Lipinski definition) is 2. The molecule has 2 nitrogen and oxygen atoms in total. The summed E-state index contributed by atoms with van der Waals surface area (Å²) in [7, 11) is 0. The SMILES string of the molecule is CCCCCCCCc1c(N)cc2ccccc2c1N. The summed E-state index contributed by atoms with van der Waals surface area (Å²) in [5, 5.41) is 2.26. The number of nitrogen functional groups attached to an aromatic ring is 2. The highest BCUT2D eigenvalue weighted by Gasteiger charge is 2.08. The van der Waals surface area contributed by atoms with Gasteiger partial charge in [-0.3, -0.25) is 0 Å². The van der Waals surface area contributed by atoms with E-state index >= 15 is 0 Å². The Morgan fingerprint density at radius 1 is 0.900 bits per heavy atom. The van der Waals surface area contributed by atoms with Crippen LogP contribution >= 0.6 is 0 Å². The van der Waals surface area contributed by atoms with Crippen LogP contribution in [0.15, 0.2) is 30.3 Å². The molecule has 2 aromatic carbocycles.